The van der Waals surface area contributed by atoms with Crippen molar-refractivity contribution in [2.24, 2.45) is 0 Å². The van der Waals surface area contributed by atoms with E-state index in [0.29, 0.717) is 22.5 Å². The Hall–Kier alpha value is -2.30. The summed E-state index contributed by atoms with van der Waals surface area (Å²) in [7, 11) is -2.26. The molecule has 10 heteroatoms. The monoisotopic (exact) mass is 380 g/mol. The molecular formula is C15H16N4O4S2. The molecule has 8 nitrogen and oxygen atoms in total. The average molecular weight is 380 g/mol. The van der Waals surface area contributed by atoms with E-state index in [1.54, 1.807) is 25.1 Å². The number of fused-ring (bicyclic) bond motifs is 1. The van der Waals surface area contributed by atoms with Crippen molar-refractivity contribution in [3.05, 3.63) is 46.4 Å². The van der Waals surface area contributed by atoms with Gasteiger partial charge < -0.3 is 9.30 Å². The highest BCUT2D eigenvalue weighted by atomic mass is 32.2. The number of aryl methyl sites for hydroxylation is 1. The quantitative estimate of drug-likeness (QED) is 0.688. The van der Waals surface area contributed by atoms with E-state index in [0.717, 1.165) is 11.7 Å². The summed E-state index contributed by atoms with van der Waals surface area (Å²) in [5.41, 5.74) is 1.32. The molecule has 0 unspecified atom stereocenters. The van der Waals surface area contributed by atoms with Gasteiger partial charge in [0, 0.05) is 24.8 Å². The lowest BCUT2D eigenvalue weighted by atomic mass is 10.3. The Kier molecular flexibility index (Phi) is 4.84. The molecule has 3 aromatic rings. The standard InChI is InChI=1S/C15H16N4O4S2/c1-10-8-11(23-2)9-14(20)19(10)7-6-16-25(21,22)13-5-3-4-12-15(13)18-24-17-12/h3-5,8-9,16H,6-7H2,1-2H3. The molecule has 0 amide bonds. The number of hydrogen-bond acceptors (Lipinski definition) is 7. The predicted molar refractivity (Wildman–Crippen MR) is 94.6 cm³/mol. The van der Waals surface area contributed by atoms with Gasteiger partial charge in [-0.15, -0.1) is 0 Å². The smallest absolute Gasteiger partial charge is 0.254 e. The summed E-state index contributed by atoms with van der Waals surface area (Å²) >= 11 is 0.962. The second-order valence-electron chi connectivity index (χ2n) is 5.31. The molecule has 0 aliphatic heterocycles. The lowest BCUT2D eigenvalue weighted by Gasteiger charge is -2.12. The molecule has 0 bridgehead atoms. The molecule has 0 radical (unpaired) electrons. The van der Waals surface area contributed by atoms with E-state index in [-0.39, 0.29) is 23.5 Å². The summed E-state index contributed by atoms with van der Waals surface area (Å²) in [4.78, 5) is 12.2. The van der Waals surface area contributed by atoms with Gasteiger partial charge in [-0.2, -0.15) is 8.75 Å². The molecular weight excluding hydrogens is 364 g/mol. The highest BCUT2D eigenvalue weighted by molar-refractivity contribution is 7.89. The van der Waals surface area contributed by atoms with Gasteiger partial charge in [-0.3, -0.25) is 4.79 Å². The fourth-order valence-electron chi connectivity index (χ4n) is 2.47. The Morgan fingerprint density at radius 2 is 2.08 bits per heavy atom. The first-order valence-corrected chi connectivity index (χ1v) is 9.60. The lowest BCUT2D eigenvalue weighted by molar-refractivity contribution is 0.411. The fourth-order valence-corrected chi connectivity index (χ4v) is 4.26. The fraction of sp³-hybridized carbons (Fsp3) is 0.267. The molecule has 2 heterocycles. The van der Waals surface area contributed by atoms with E-state index in [2.05, 4.69) is 13.5 Å². The third-order valence-electron chi connectivity index (χ3n) is 3.71. The van der Waals surface area contributed by atoms with Crippen molar-refractivity contribution in [2.45, 2.75) is 18.4 Å². The molecule has 0 saturated heterocycles. The summed E-state index contributed by atoms with van der Waals surface area (Å²) in [6.45, 7) is 2.04. The minimum atomic E-state index is -3.75. The minimum absolute atomic E-state index is 0.0728. The molecule has 0 fully saturated rings. The van der Waals surface area contributed by atoms with Crippen LogP contribution in [0.1, 0.15) is 5.69 Å². The first-order valence-electron chi connectivity index (χ1n) is 7.39. The molecule has 0 spiro atoms. The average Bonchev–Trinajstić information content (AvgIpc) is 3.05. The van der Waals surface area contributed by atoms with Crippen LogP contribution in [-0.4, -0.2) is 35.4 Å². The van der Waals surface area contributed by atoms with Crippen LogP contribution in [0.5, 0.6) is 5.75 Å². The van der Waals surface area contributed by atoms with Crippen molar-refractivity contribution < 1.29 is 13.2 Å². The zero-order valence-corrected chi connectivity index (χ0v) is 15.2. The highest BCUT2D eigenvalue weighted by Crippen LogP contribution is 2.20. The maximum absolute atomic E-state index is 12.5. The van der Waals surface area contributed by atoms with Crippen molar-refractivity contribution in [3.63, 3.8) is 0 Å². The van der Waals surface area contributed by atoms with Crippen LogP contribution in [-0.2, 0) is 16.6 Å². The Labute approximate surface area is 148 Å². The van der Waals surface area contributed by atoms with E-state index in [9.17, 15) is 13.2 Å². The van der Waals surface area contributed by atoms with E-state index in [4.69, 9.17) is 4.74 Å². The first kappa shape index (κ1) is 17.5. The molecule has 2 aromatic heterocycles. The van der Waals surface area contributed by atoms with Crippen LogP contribution in [0.15, 0.2) is 40.0 Å². The van der Waals surface area contributed by atoms with E-state index >= 15 is 0 Å². The Bertz CT molecular complexity index is 1070. The van der Waals surface area contributed by atoms with E-state index < -0.39 is 10.0 Å². The van der Waals surface area contributed by atoms with E-state index in [1.165, 1.54) is 23.8 Å². The molecule has 0 aliphatic carbocycles. The summed E-state index contributed by atoms with van der Waals surface area (Å²) in [6.07, 6.45) is 0. The Morgan fingerprint density at radius 1 is 1.28 bits per heavy atom. The maximum Gasteiger partial charge on any atom is 0.254 e. The van der Waals surface area contributed by atoms with Gasteiger partial charge in [-0.05, 0) is 25.1 Å². The number of rotatable bonds is 6. The number of nitrogens with zero attached hydrogens (tertiary/aromatic N) is 3. The van der Waals surface area contributed by atoms with Crippen LogP contribution >= 0.6 is 11.7 Å². The first-order chi connectivity index (χ1) is 11.9. The zero-order chi connectivity index (χ0) is 18.0. The molecule has 1 N–H and O–H groups in total. The van der Waals surface area contributed by atoms with Crippen LogP contribution in [0.3, 0.4) is 0 Å². The third kappa shape index (κ3) is 3.55. The summed E-state index contributed by atoms with van der Waals surface area (Å²) in [6, 6.07) is 7.90. The van der Waals surface area contributed by atoms with Gasteiger partial charge in [0.15, 0.2) is 0 Å². The molecule has 25 heavy (non-hydrogen) atoms. The molecule has 3 rings (SSSR count). The van der Waals surface area contributed by atoms with Gasteiger partial charge in [-0.25, -0.2) is 13.1 Å². The number of ether oxygens (including phenoxy) is 1. The topological polar surface area (TPSA) is 103 Å². The zero-order valence-electron chi connectivity index (χ0n) is 13.6. The van der Waals surface area contributed by atoms with Crippen LogP contribution in [0.2, 0.25) is 0 Å². The normalized spacial score (nSPS) is 11.8. The van der Waals surface area contributed by atoms with Crippen LogP contribution in [0, 0.1) is 6.92 Å². The van der Waals surface area contributed by atoms with E-state index in [1.807, 2.05) is 0 Å². The van der Waals surface area contributed by atoms with Crippen LogP contribution in [0.25, 0.3) is 11.0 Å². The Morgan fingerprint density at radius 3 is 2.80 bits per heavy atom. The number of hydrogen-bond donors (Lipinski definition) is 1. The van der Waals surface area contributed by atoms with Crippen molar-refractivity contribution in [2.75, 3.05) is 13.7 Å². The summed E-state index contributed by atoms with van der Waals surface area (Å²) in [5.74, 6) is 0.474. The number of aromatic nitrogens is 3. The maximum atomic E-state index is 12.5. The number of pyridine rings is 1. The van der Waals surface area contributed by atoms with Gasteiger partial charge in [-0.1, -0.05) is 6.07 Å². The van der Waals surface area contributed by atoms with Gasteiger partial charge in [0.1, 0.15) is 21.7 Å². The third-order valence-corrected chi connectivity index (χ3v) is 5.75. The number of benzene rings is 1. The van der Waals surface area contributed by atoms with Crippen molar-refractivity contribution in [1.82, 2.24) is 18.0 Å². The van der Waals surface area contributed by atoms with Crippen molar-refractivity contribution >= 4 is 32.8 Å². The largest absolute Gasteiger partial charge is 0.496 e. The summed E-state index contributed by atoms with van der Waals surface area (Å²) in [5, 5.41) is 0. The molecule has 132 valence electrons. The SMILES string of the molecule is COc1cc(C)n(CCNS(=O)(=O)c2cccc3nsnc23)c(=O)c1. The highest BCUT2D eigenvalue weighted by Gasteiger charge is 2.19. The number of sulfonamides is 1. The number of methoxy groups -OCH3 is 1. The molecule has 0 saturated carbocycles. The van der Waals surface area contributed by atoms with Crippen LogP contribution in [0.4, 0.5) is 0 Å². The van der Waals surface area contributed by atoms with Gasteiger partial charge in [0.25, 0.3) is 5.56 Å². The second-order valence-corrected chi connectivity index (χ2v) is 7.58. The van der Waals surface area contributed by atoms with Crippen molar-refractivity contribution in [3.8, 4) is 5.75 Å². The van der Waals surface area contributed by atoms with Gasteiger partial charge in [0.05, 0.1) is 18.8 Å². The lowest BCUT2D eigenvalue weighted by Crippen LogP contribution is -2.31. The van der Waals surface area contributed by atoms with Gasteiger partial charge >= 0.3 is 0 Å². The summed E-state index contributed by atoms with van der Waals surface area (Å²) < 4.78 is 42.2. The number of nitrogens with one attached hydrogen (secondary N) is 1. The molecule has 0 atom stereocenters. The van der Waals surface area contributed by atoms with Crippen LogP contribution < -0.4 is 15.0 Å². The second kappa shape index (κ2) is 6.90. The Balaban J connectivity index is 1.78. The minimum Gasteiger partial charge on any atom is -0.496 e. The molecule has 1 aromatic carbocycles. The van der Waals surface area contributed by atoms with Crippen molar-refractivity contribution in [1.29, 1.82) is 0 Å². The molecule has 0 aliphatic rings. The van der Waals surface area contributed by atoms with Gasteiger partial charge in [0.2, 0.25) is 10.0 Å². The predicted octanol–water partition coefficient (Wildman–Crippen LogP) is 1.15.